The molecule has 0 fully saturated rings. The van der Waals surface area contributed by atoms with Crippen molar-refractivity contribution in [3.63, 3.8) is 0 Å². The molecule has 2 rings (SSSR count). The van der Waals surface area contributed by atoms with Gasteiger partial charge in [-0.05, 0) is 43.5 Å². The molecule has 96 valence electrons. The van der Waals surface area contributed by atoms with E-state index in [1.54, 1.807) is 0 Å². The zero-order valence-corrected chi connectivity index (χ0v) is 11.0. The van der Waals surface area contributed by atoms with E-state index < -0.39 is 11.6 Å². The SMILES string of the molecule is Fc1cc(N=C=S)cc(F)c1C#CC1=CCCCC1. The molecule has 0 aromatic heterocycles. The van der Waals surface area contributed by atoms with Crippen LogP contribution in [0.15, 0.2) is 28.8 Å². The summed E-state index contributed by atoms with van der Waals surface area (Å²) < 4.78 is 27.4. The van der Waals surface area contributed by atoms with Gasteiger partial charge in [-0.3, -0.25) is 0 Å². The van der Waals surface area contributed by atoms with Crippen LogP contribution in [-0.2, 0) is 0 Å². The number of thiocarbonyl (C=S) groups is 1. The third-order valence-corrected chi connectivity index (χ3v) is 2.93. The van der Waals surface area contributed by atoms with Crippen LogP contribution in [0.4, 0.5) is 14.5 Å². The summed E-state index contributed by atoms with van der Waals surface area (Å²) in [6, 6.07) is 2.20. The van der Waals surface area contributed by atoms with Gasteiger partial charge >= 0.3 is 0 Å². The number of aliphatic imine (C=N–C) groups is 1. The first kappa shape index (κ1) is 13.6. The smallest absolute Gasteiger partial charge is 0.143 e. The van der Waals surface area contributed by atoms with E-state index in [0.717, 1.165) is 43.4 Å². The van der Waals surface area contributed by atoms with Gasteiger partial charge in [0.15, 0.2) is 0 Å². The second kappa shape index (κ2) is 6.38. The van der Waals surface area contributed by atoms with Gasteiger partial charge in [0.05, 0.1) is 16.4 Å². The van der Waals surface area contributed by atoms with Crippen molar-refractivity contribution in [1.29, 1.82) is 0 Å². The van der Waals surface area contributed by atoms with Crippen molar-refractivity contribution in [2.75, 3.05) is 0 Å². The highest BCUT2D eigenvalue weighted by atomic mass is 32.1. The molecule has 19 heavy (non-hydrogen) atoms. The molecule has 0 heterocycles. The molecule has 1 aromatic rings. The summed E-state index contributed by atoms with van der Waals surface area (Å²) in [7, 11) is 0. The van der Waals surface area contributed by atoms with Crippen LogP contribution in [-0.4, -0.2) is 5.16 Å². The molecule has 1 aliphatic rings. The summed E-state index contributed by atoms with van der Waals surface area (Å²) in [5, 5.41) is 2.07. The van der Waals surface area contributed by atoms with Gasteiger partial charge in [-0.1, -0.05) is 17.9 Å². The normalized spacial score (nSPS) is 13.9. The average molecular weight is 275 g/mol. The molecule has 0 amide bonds. The van der Waals surface area contributed by atoms with Crippen molar-refractivity contribution >= 4 is 23.1 Å². The Hall–Kier alpha value is -1.82. The van der Waals surface area contributed by atoms with E-state index in [9.17, 15) is 8.78 Å². The van der Waals surface area contributed by atoms with Crippen LogP contribution < -0.4 is 0 Å². The molecule has 0 spiro atoms. The van der Waals surface area contributed by atoms with Gasteiger partial charge in [-0.2, -0.15) is 4.99 Å². The van der Waals surface area contributed by atoms with Gasteiger partial charge in [-0.15, -0.1) is 0 Å². The fourth-order valence-corrected chi connectivity index (χ4v) is 2.00. The van der Waals surface area contributed by atoms with Gasteiger partial charge < -0.3 is 0 Å². The quantitative estimate of drug-likeness (QED) is 0.416. The molecule has 0 bridgehead atoms. The van der Waals surface area contributed by atoms with Gasteiger partial charge in [0.1, 0.15) is 11.6 Å². The van der Waals surface area contributed by atoms with Crippen LogP contribution >= 0.6 is 12.2 Å². The number of hydrogen-bond acceptors (Lipinski definition) is 2. The Labute approximate surface area is 116 Å². The zero-order chi connectivity index (χ0) is 13.7. The zero-order valence-electron chi connectivity index (χ0n) is 10.2. The Kier molecular flexibility index (Phi) is 4.57. The maximum atomic E-state index is 13.7. The topological polar surface area (TPSA) is 12.4 Å². The molecular weight excluding hydrogens is 264 g/mol. The largest absolute Gasteiger partial charge is 0.205 e. The number of hydrogen-bond donors (Lipinski definition) is 0. The Morgan fingerprint density at radius 3 is 2.42 bits per heavy atom. The van der Waals surface area contributed by atoms with Crippen LogP contribution in [0, 0.1) is 23.5 Å². The summed E-state index contributed by atoms with van der Waals surface area (Å²) in [5.74, 6) is 3.94. The fraction of sp³-hybridized carbons (Fsp3) is 0.267. The molecule has 0 saturated heterocycles. The van der Waals surface area contributed by atoms with Crippen molar-refractivity contribution < 1.29 is 8.78 Å². The number of isothiocyanates is 1. The molecule has 0 N–H and O–H groups in total. The number of nitrogens with zero attached hydrogens (tertiary/aromatic N) is 1. The molecular formula is C15H11F2NS. The number of rotatable bonds is 1. The van der Waals surface area contributed by atoms with E-state index in [4.69, 9.17) is 0 Å². The predicted molar refractivity (Wildman–Crippen MR) is 74.5 cm³/mol. The van der Waals surface area contributed by atoms with Gasteiger partial charge in [-0.25, -0.2) is 8.78 Å². The lowest BCUT2D eigenvalue weighted by Gasteiger charge is -2.05. The first-order valence-electron chi connectivity index (χ1n) is 5.98. The highest BCUT2D eigenvalue weighted by Gasteiger charge is 2.09. The van der Waals surface area contributed by atoms with Gasteiger partial charge in [0.2, 0.25) is 0 Å². The first-order valence-corrected chi connectivity index (χ1v) is 6.39. The standard InChI is InChI=1S/C15H11F2NS/c16-14-8-12(18-10-19)9-15(17)13(14)7-6-11-4-2-1-3-5-11/h4,8-9H,1-3,5H2. The van der Waals surface area contributed by atoms with E-state index in [2.05, 4.69) is 34.2 Å². The van der Waals surface area contributed by atoms with Crippen molar-refractivity contribution in [2.24, 2.45) is 4.99 Å². The molecule has 4 heteroatoms. The van der Waals surface area contributed by atoms with Crippen LogP contribution in [0.25, 0.3) is 0 Å². The van der Waals surface area contributed by atoms with Gasteiger partial charge in [0, 0.05) is 12.1 Å². The minimum Gasteiger partial charge on any atom is -0.205 e. The lowest BCUT2D eigenvalue weighted by atomic mass is 10.00. The van der Waals surface area contributed by atoms with E-state index in [-0.39, 0.29) is 11.3 Å². The predicted octanol–water partition coefficient (Wildman–Crippen LogP) is 4.55. The maximum absolute atomic E-state index is 13.7. The summed E-state index contributed by atoms with van der Waals surface area (Å²) in [6.45, 7) is 0. The Bertz CT molecular complexity index is 608. The summed E-state index contributed by atoms with van der Waals surface area (Å²) >= 11 is 4.39. The molecule has 0 radical (unpaired) electrons. The summed E-state index contributed by atoms with van der Waals surface area (Å²) in [4.78, 5) is 3.54. The molecule has 0 atom stereocenters. The minimum atomic E-state index is -0.729. The monoisotopic (exact) mass is 275 g/mol. The third-order valence-electron chi connectivity index (χ3n) is 2.84. The van der Waals surface area contributed by atoms with E-state index in [1.165, 1.54) is 0 Å². The lowest BCUT2D eigenvalue weighted by molar-refractivity contribution is 0.578. The van der Waals surface area contributed by atoms with Crippen molar-refractivity contribution in [3.05, 3.63) is 41.0 Å². The number of allylic oxidation sites excluding steroid dienone is 2. The highest BCUT2D eigenvalue weighted by molar-refractivity contribution is 7.78. The number of benzene rings is 1. The molecule has 0 saturated carbocycles. The minimum absolute atomic E-state index is 0.104. The third kappa shape index (κ3) is 3.57. The molecule has 0 aliphatic heterocycles. The van der Waals surface area contributed by atoms with E-state index in [0.29, 0.717) is 0 Å². The molecule has 1 aromatic carbocycles. The van der Waals surface area contributed by atoms with E-state index >= 15 is 0 Å². The second-order valence-corrected chi connectivity index (χ2v) is 4.40. The molecule has 1 aliphatic carbocycles. The van der Waals surface area contributed by atoms with Crippen LogP contribution in [0.5, 0.6) is 0 Å². The van der Waals surface area contributed by atoms with Gasteiger partial charge in [0.25, 0.3) is 0 Å². The summed E-state index contributed by atoms with van der Waals surface area (Å²) in [5.41, 5.74) is 0.827. The summed E-state index contributed by atoms with van der Waals surface area (Å²) in [6.07, 6.45) is 6.12. The second-order valence-electron chi connectivity index (χ2n) is 4.21. The van der Waals surface area contributed by atoms with Crippen molar-refractivity contribution in [3.8, 4) is 11.8 Å². The lowest BCUT2D eigenvalue weighted by Crippen LogP contribution is -1.92. The number of halogens is 2. The first-order chi connectivity index (χ1) is 9.20. The fourth-order valence-electron chi connectivity index (χ4n) is 1.89. The van der Waals surface area contributed by atoms with Crippen molar-refractivity contribution in [2.45, 2.75) is 25.7 Å². The van der Waals surface area contributed by atoms with Crippen LogP contribution in [0.2, 0.25) is 0 Å². The molecule has 0 unspecified atom stereocenters. The van der Waals surface area contributed by atoms with Crippen molar-refractivity contribution in [1.82, 2.24) is 0 Å². The molecule has 1 nitrogen and oxygen atoms in total. The Morgan fingerprint density at radius 2 is 1.84 bits per heavy atom. The Morgan fingerprint density at radius 1 is 1.11 bits per heavy atom. The van der Waals surface area contributed by atoms with E-state index in [1.807, 2.05) is 6.08 Å². The van der Waals surface area contributed by atoms with Crippen LogP contribution in [0.1, 0.15) is 31.2 Å². The maximum Gasteiger partial charge on any atom is 0.143 e. The highest BCUT2D eigenvalue weighted by Crippen LogP contribution is 2.21. The average Bonchev–Trinajstić information content (AvgIpc) is 2.39. The Balaban J connectivity index is 2.33. The van der Waals surface area contributed by atoms with Crippen LogP contribution in [0.3, 0.4) is 0 Å².